The van der Waals surface area contributed by atoms with Gasteiger partial charge in [0.05, 0.1) is 16.7 Å². The summed E-state index contributed by atoms with van der Waals surface area (Å²) in [7, 11) is -3.94. The van der Waals surface area contributed by atoms with Crippen LogP contribution in [0, 0.1) is 13.8 Å². The van der Waals surface area contributed by atoms with Crippen LogP contribution >= 0.6 is 0 Å². The highest BCUT2D eigenvalue weighted by Gasteiger charge is 2.21. The molecule has 2 aromatic rings. The van der Waals surface area contributed by atoms with Gasteiger partial charge in [-0.05, 0) is 37.1 Å². The van der Waals surface area contributed by atoms with Crippen LogP contribution in [0.3, 0.4) is 0 Å². The average Bonchev–Trinajstić information content (AvgIpc) is 2.41. The minimum absolute atomic E-state index is 0.0651. The Hall–Kier alpha value is -2.48. The van der Waals surface area contributed by atoms with Crippen molar-refractivity contribution in [2.45, 2.75) is 18.7 Å². The summed E-state index contributed by atoms with van der Waals surface area (Å²) in [5.74, 6) is -1.12. The molecule has 0 amide bonds. The molecule has 2 rings (SSSR count). The number of anilines is 1. The number of hydrogen-bond acceptors (Lipinski definition) is 5. The molecule has 0 saturated heterocycles. The highest BCUT2D eigenvalue weighted by molar-refractivity contribution is 7.92. The van der Waals surface area contributed by atoms with Gasteiger partial charge >= 0.3 is 5.97 Å². The Morgan fingerprint density at radius 2 is 1.95 bits per heavy atom. The predicted molar refractivity (Wildman–Crippen MR) is 75.7 cm³/mol. The average molecular weight is 307 g/mol. The standard InChI is InChI=1S/C13H13N3O4S/c1-8-5-10(13(17)18)6-11(9(8)2)21(19,20)16-12-7-14-3-4-15-12/h3-7H,1-2H3,(H,15,16)(H,17,18). The van der Waals surface area contributed by atoms with Crippen molar-refractivity contribution < 1.29 is 18.3 Å². The highest BCUT2D eigenvalue weighted by atomic mass is 32.2. The molecule has 0 aliphatic carbocycles. The second-order valence-corrected chi connectivity index (χ2v) is 6.07. The van der Waals surface area contributed by atoms with Gasteiger partial charge in [0, 0.05) is 12.4 Å². The summed E-state index contributed by atoms with van der Waals surface area (Å²) in [6.45, 7) is 3.27. The van der Waals surface area contributed by atoms with E-state index in [0.717, 1.165) is 6.07 Å². The molecular formula is C13H13N3O4S. The molecule has 0 radical (unpaired) electrons. The number of aromatic nitrogens is 2. The molecule has 0 fully saturated rings. The minimum atomic E-state index is -3.94. The van der Waals surface area contributed by atoms with Crippen molar-refractivity contribution >= 4 is 21.8 Å². The summed E-state index contributed by atoms with van der Waals surface area (Å²) < 4.78 is 27.0. The van der Waals surface area contributed by atoms with Crippen molar-refractivity contribution in [2.75, 3.05) is 4.72 Å². The monoisotopic (exact) mass is 307 g/mol. The molecule has 0 aliphatic heterocycles. The first-order valence-corrected chi connectivity index (χ1v) is 7.43. The van der Waals surface area contributed by atoms with Crippen molar-refractivity contribution in [3.8, 4) is 0 Å². The number of benzene rings is 1. The van der Waals surface area contributed by atoms with Crippen LogP contribution < -0.4 is 4.72 Å². The summed E-state index contributed by atoms with van der Waals surface area (Å²) in [6.07, 6.45) is 4.03. The van der Waals surface area contributed by atoms with Crippen molar-refractivity contribution in [1.82, 2.24) is 9.97 Å². The quantitative estimate of drug-likeness (QED) is 0.887. The molecule has 0 atom stereocenters. The molecule has 1 heterocycles. The minimum Gasteiger partial charge on any atom is -0.478 e. The van der Waals surface area contributed by atoms with Crippen molar-refractivity contribution in [2.24, 2.45) is 0 Å². The number of sulfonamides is 1. The van der Waals surface area contributed by atoms with Crippen molar-refractivity contribution in [3.63, 3.8) is 0 Å². The Bertz CT molecular complexity index is 789. The lowest BCUT2D eigenvalue weighted by Gasteiger charge is -2.12. The smallest absolute Gasteiger partial charge is 0.335 e. The summed E-state index contributed by atoms with van der Waals surface area (Å²) in [6, 6.07) is 2.56. The zero-order chi connectivity index (χ0) is 15.6. The summed E-state index contributed by atoms with van der Waals surface area (Å²) in [5, 5.41) is 9.04. The molecule has 0 spiro atoms. The van der Waals surface area contributed by atoms with Gasteiger partial charge < -0.3 is 5.11 Å². The Kier molecular flexibility index (Phi) is 3.90. The van der Waals surface area contributed by atoms with Crippen LogP contribution in [0.5, 0.6) is 0 Å². The van der Waals surface area contributed by atoms with E-state index >= 15 is 0 Å². The fraction of sp³-hybridized carbons (Fsp3) is 0.154. The van der Waals surface area contributed by atoms with E-state index < -0.39 is 16.0 Å². The maximum atomic E-state index is 12.4. The molecule has 0 saturated carbocycles. The van der Waals surface area contributed by atoms with Crippen LogP contribution in [0.4, 0.5) is 5.82 Å². The second kappa shape index (κ2) is 5.49. The van der Waals surface area contributed by atoms with Gasteiger partial charge in [-0.25, -0.2) is 18.2 Å². The lowest BCUT2D eigenvalue weighted by Crippen LogP contribution is -2.16. The zero-order valence-corrected chi connectivity index (χ0v) is 12.2. The lowest BCUT2D eigenvalue weighted by molar-refractivity contribution is 0.0696. The number of carbonyl (C=O) groups is 1. The second-order valence-electron chi connectivity index (χ2n) is 4.42. The van der Waals surface area contributed by atoms with Crippen molar-refractivity contribution in [3.05, 3.63) is 47.4 Å². The van der Waals surface area contributed by atoms with E-state index in [1.807, 2.05) is 0 Å². The number of hydrogen-bond donors (Lipinski definition) is 2. The van der Waals surface area contributed by atoms with Crippen molar-refractivity contribution in [1.29, 1.82) is 0 Å². The maximum Gasteiger partial charge on any atom is 0.335 e. The topological polar surface area (TPSA) is 109 Å². The normalized spacial score (nSPS) is 11.1. The first kappa shape index (κ1) is 14.9. The first-order valence-electron chi connectivity index (χ1n) is 5.94. The molecule has 110 valence electrons. The Labute approximate surface area is 121 Å². The van der Waals surface area contributed by atoms with E-state index in [-0.39, 0.29) is 16.3 Å². The van der Waals surface area contributed by atoms with E-state index in [1.165, 1.54) is 24.7 Å². The number of rotatable bonds is 4. The molecule has 1 aromatic carbocycles. The summed E-state index contributed by atoms with van der Waals surface area (Å²) in [4.78, 5) is 18.6. The third kappa shape index (κ3) is 3.16. The number of nitrogens with one attached hydrogen (secondary N) is 1. The van der Waals surface area contributed by atoms with Gasteiger partial charge in [0.25, 0.3) is 10.0 Å². The van der Waals surface area contributed by atoms with E-state index in [4.69, 9.17) is 5.11 Å². The molecule has 1 aromatic heterocycles. The number of nitrogens with zero attached hydrogens (tertiary/aromatic N) is 2. The fourth-order valence-corrected chi connectivity index (χ4v) is 3.11. The number of carboxylic acids is 1. The van der Waals surface area contributed by atoms with E-state index in [0.29, 0.717) is 11.1 Å². The molecule has 0 bridgehead atoms. The number of aromatic carboxylic acids is 1. The molecule has 0 unspecified atom stereocenters. The first-order chi connectivity index (χ1) is 9.81. The van der Waals surface area contributed by atoms with Crippen LogP contribution in [-0.2, 0) is 10.0 Å². The lowest BCUT2D eigenvalue weighted by atomic mass is 10.1. The molecular weight excluding hydrogens is 294 g/mol. The van der Waals surface area contributed by atoms with Crippen LogP contribution in [0.2, 0.25) is 0 Å². The van der Waals surface area contributed by atoms with E-state index in [9.17, 15) is 13.2 Å². The SMILES string of the molecule is Cc1cc(C(=O)O)cc(S(=O)(=O)Nc2cnccn2)c1C. The zero-order valence-electron chi connectivity index (χ0n) is 11.4. The third-order valence-corrected chi connectivity index (χ3v) is 4.44. The third-order valence-electron chi connectivity index (χ3n) is 2.96. The van der Waals surface area contributed by atoms with Gasteiger partial charge in [0.15, 0.2) is 5.82 Å². The molecule has 7 nitrogen and oxygen atoms in total. The van der Waals surface area contributed by atoms with E-state index in [1.54, 1.807) is 13.8 Å². The van der Waals surface area contributed by atoms with Crippen LogP contribution in [0.15, 0.2) is 35.6 Å². The molecule has 8 heteroatoms. The predicted octanol–water partition coefficient (Wildman–Crippen LogP) is 1.59. The van der Waals surface area contributed by atoms with Gasteiger partial charge in [0.1, 0.15) is 0 Å². The van der Waals surface area contributed by atoms with Gasteiger partial charge in [-0.2, -0.15) is 0 Å². The number of carboxylic acid groups (broad SMARTS) is 1. The molecule has 0 aliphatic rings. The maximum absolute atomic E-state index is 12.4. The van der Waals surface area contributed by atoms with Crippen LogP contribution in [0.1, 0.15) is 21.5 Å². The van der Waals surface area contributed by atoms with Crippen LogP contribution in [-0.4, -0.2) is 29.5 Å². The van der Waals surface area contributed by atoms with Gasteiger partial charge in [0.2, 0.25) is 0 Å². The van der Waals surface area contributed by atoms with Gasteiger partial charge in [-0.1, -0.05) is 0 Å². The van der Waals surface area contributed by atoms with Crippen LogP contribution in [0.25, 0.3) is 0 Å². The Balaban J connectivity index is 2.52. The van der Waals surface area contributed by atoms with E-state index in [2.05, 4.69) is 14.7 Å². The molecule has 21 heavy (non-hydrogen) atoms. The van der Waals surface area contributed by atoms with Gasteiger partial charge in [-0.3, -0.25) is 9.71 Å². The highest BCUT2D eigenvalue weighted by Crippen LogP contribution is 2.23. The fourth-order valence-electron chi connectivity index (χ4n) is 1.77. The Morgan fingerprint density at radius 1 is 1.24 bits per heavy atom. The Morgan fingerprint density at radius 3 is 2.52 bits per heavy atom. The number of aryl methyl sites for hydroxylation is 1. The van der Waals surface area contributed by atoms with Gasteiger partial charge in [-0.15, -0.1) is 0 Å². The summed E-state index contributed by atoms with van der Waals surface area (Å²) >= 11 is 0. The summed E-state index contributed by atoms with van der Waals surface area (Å²) in [5.41, 5.74) is 0.975. The largest absolute Gasteiger partial charge is 0.478 e. The molecule has 2 N–H and O–H groups in total.